The lowest BCUT2D eigenvalue weighted by Crippen LogP contribution is -2.31. The van der Waals surface area contributed by atoms with Gasteiger partial charge in [-0.3, -0.25) is 4.40 Å². The van der Waals surface area contributed by atoms with Gasteiger partial charge >= 0.3 is 0 Å². The van der Waals surface area contributed by atoms with Crippen molar-refractivity contribution in [2.24, 2.45) is 0 Å². The number of rotatable bonds is 4. The van der Waals surface area contributed by atoms with Crippen LogP contribution in [0.1, 0.15) is 26.5 Å². The molecule has 2 heterocycles. The molecule has 16 heavy (non-hydrogen) atoms. The van der Waals surface area contributed by atoms with Crippen molar-refractivity contribution in [2.75, 3.05) is 11.4 Å². The van der Waals surface area contributed by atoms with Crippen LogP contribution in [-0.2, 0) is 5.33 Å². The van der Waals surface area contributed by atoms with Gasteiger partial charge in [0, 0.05) is 29.5 Å². The zero-order chi connectivity index (χ0) is 11.7. The van der Waals surface area contributed by atoms with Gasteiger partial charge in [0.25, 0.3) is 0 Å². The molecule has 0 aliphatic carbocycles. The summed E-state index contributed by atoms with van der Waals surface area (Å²) in [6.07, 6.45) is 2.08. The first kappa shape index (κ1) is 11.9. The fourth-order valence-electron chi connectivity index (χ4n) is 1.93. The van der Waals surface area contributed by atoms with Crippen LogP contribution in [0.25, 0.3) is 4.96 Å². The summed E-state index contributed by atoms with van der Waals surface area (Å²) in [6.45, 7) is 7.57. The Balaban J connectivity index is 2.53. The molecule has 2 aromatic heterocycles. The molecule has 88 valence electrons. The minimum absolute atomic E-state index is 0.479. The lowest BCUT2D eigenvalue weighted by Gasteiger charge is -2.25. The van der Waals surface area contributed by atoms with Gasteiger partial charge in [-0.1, -0.05) is 15.9 Å². The minimum atomic E-state index is 0.479. The number of alkyl halides is 1. The number of fused-ring (bicyclic) bond motifs is 1. The average molecular weight is 302 g/mol. The van der Waals surface area contributed by atoms with Gasteiger partial charge in [-0.15, -0.1) is 11.3 Å². The molecule has 0 fully saturated rings. The van der Waals surface area contributed by atoms with E-state index < -0.39 is 0 Å². The molecule has 0 aliphatic rings. The molecule has 0 unspecified atom stereocenters. The van der Waals surface area contributed by atoms with E-state index >= 15 is 0 Å². The van der Waals surface area contributed by atoms with Crippen LogP contribution in [0, 0.1) is 0 Å². The van der Waals surface area contributed by atoms with E-state index in [-0.39, 0.29) is 0 Å². The Morgan fingerprint density at radius 1 is 1.56 bits per heavy atom. The summed E-state index contributed by atoms with van der Waals surface area (Å²) >= 11 is 5.24. The highest BCUT2D eigenvalue weighted by Gasteiger charge is 2.18. The van der Waals surface area contributed by atoms with Crippen LogP contribution in [0.15, 0.2) is 11.6 Å². The molecule has 2 aromatic rings. The maximum atomic E-state index is 4.71. The van der Waals surface area contributed by atoms with Crippen LogP contribution >= 0.6 is 27.3 Å². The fraction of sp³-hybridized carbons (Fsp3) is 0.545. The summed E-state index contributed by atoms with van der Waals surface area (Å²) in [5.41, 5.74) is 1.24. The molecule has 0 amide bonds. The summed E-state index contributed by atoms with van der Waals surface area (Å²) in [6, 6.07) is 0.479. The first-order chi connectivity index (χ1) is 7.69. The van der Waals surface area contributed by atoms with Crippen molar-refractivity contribution in [3.05, 3.63) is 17.3 Å². The molecule has 0 aliphatic heterocycles. The highest BCUT2D eigenvalue weighted by atomic mass is 79.9. The summed E-state index contributed by atoms with van der Waals surface area (Å²) in [4.78, 5) is 8.12. The summed E-state index contributed by atoms with van der Waals surface area (Å²) in [5.74, 6) is 1.11. The highest BCUT2D eigenvalue weighted by Crippen LogP contribution is 2.27. The van der Waals surface area contributed by atoms with Crippen molar-refractivity contribution in [3.8, 4) is 0 Å². The Labute approximate surface area is 108 Å². The first-order valence-electron chi connectivity index (χ1n) is 5.46. The second-order valence-electron chi connectivity index (χ2n) is 3.95. The third-order valence-corrected chi connectivity index (χ3v) is 3.99. The maximum absolute atomic E-state index is 4.71. The number of imidazole rings is 1. The lowest BCUT2D eigenvalue weighted by atomic mass is 10.3. The van der Waals surface area contributed by atoms with Crippen LogP contribution in [0.3, 0.4) is 0 Å². The van der Waals surface area contributed by atoms with Gasteiger partial charge in [-0.2, -0.15) is 0 Å². The predicted octanol–water partition coefficient (Wildman–Crippen LogP) is 3.53. The third kappa shape index (κ3) is 1.86. The predicted molar refractivity (Wildman–Crippen MR) is 73.9 cm³/mol. The molecule has 0 N–H and O–H groups in total. The summed E-state index contributed by atoms with van der Waals surface area (Å²) in [7, 11) is 0. The van der Waals surface area contributed by atoms with Gasteiger partial charge in [0.1, 0.15) is 0 Å². The zero-order valence-corrected chi connectivity index (χ0v) is 12.2. The molecular formula is C11H16BrN3S. The molecule has 2 rings (SSSR count). The highest BCUT2D eigenvalue weighted by molar-refractivity contribution is 9.08. The molecule has 0 saturated heterocycles. The molecule has 3 nitrogen and oxygen atoms in total. The van der Waals surface area contributed by atoms with Crippen molar-refractivity contribution >= 4 is 38.0 Å². The number of aromatic nitrogens is 2. The Kier molecular flexibility index (Phi) is 3.54. The monoisotopic (exact) mass is 301 g/mol. The number of thiazole rings is 1. The second kappa shape index (κ2) is 4.75. The van der Waals surface area contributed by atoms with E-state index in [0.717, 1.165) is 22.7 Å². The van der Waals surface area contributed by atoms with Crippen LogP contribution in [0.2, 0.25) is 0 Å². The lowest BCUT2D eigenvalue weighted by molar-refractivity contribution is 0.693. The molecule has 0 aromatic carbocycles. The molecule has 0 saturated carbocycles. The summed E-state index contributed by atoms with van der Waals surface area (Å²) < 4.78 is 2.17. The quantitative estimate of drug-likeness (QED) is 0.806. The van der Waals surface area contributed by atoms with Crippen LogP contribution in [-0.4, -0.2) is 22.0 Å². The zero-order valence-electron chi connectivity index (χ0n) is 9.77. The SMILES string of the molecule is CCN(c1nc2sccn2c1CBr)C(C)C. The van der Waals surface area contributed by atoms with E-state index in [1.54, 1.807) is 11.3 Å². The van der Waals surface area contributed by atoms with E-state index in [2.05, 4.69) is 57.6 Å². The van der Waals surface area contributed by atoms with Gasteiger partial charge in [0.15, 0.2) is 10.8 Å². The normalized spacial score (nSPS) is 11.6. The van der Waals surface area contributed by atoms with Crippen LogP contribution in [0.4, 0.5) is 5.82 Å². The van der Waals surface area contributed by atoms with Gasteiger partial charge in [0.2, 0.25) is 0 Å². The van der Waals surface area contributed by atoms with E-state index in [4.69, 9.17) is 4.98 Å². The molecule has 0 radical (unpaired) electrons. The number of nitrogens with zero attached hydrogens (tertiary/aromatic N) is 3. The van der Waals surface area contributed by atoms with E-state index in [9.17, 15) is 0 Å². The number of anilines is 1. The Bertz CT molecular complexity index is 474. The van der Waals surface area contributed by atoms with Crippen molar-refractivity contribution in [2.45, 2.75) is 32.1 Å². The Morgan fingerprint density at radius 2 is 2.31 bits per heavy atom. The molecule has 0 spiro atoms. The summed E-state index contributed by atoms with van der Waals surface area (Å²) in [5, 5.41) is 2.91. The topological polar surface area (TPSA) is 20.5 Å². The first-order valence-corrected chi connectivity index (χ1v) is 7.46. The Hall–Kier alpha value is -0.550. The minimum Gasteiger partial charge on any atom is -0.353 e. The standard InChI is InChI=1S/C11H16BrN3S/c1-4-14(8(2)3)10-9(7-12)15-5-6-16-11(15)13-10/h5-6,8H,4,7H2,1-3H3. The number of hydrogen-bond acceptors (Lipinski definition) is 3. The number of halogens is 1. The average Bonchev–Trinajstić information content (AvgIpc) is 2.77. The second-order valence-corrected chi connectivity index (χ2v) is 5.38. The fourth-order valence-corrected chi connectivity index (χ4v) is 3.18. The van der Waals surface area contributed by atoms with E-state index in [1.807, 2.05) is 0 Å². The van der Waals surface area contributed by atoms with Gasteiger partial charge in [0.05, 0.1) is 5.69 Å². The van der Waals surface area contributed by atoms with E-state index in [0.29, 0.717) is 6.04 Å². The van der Waals surface area contributed by atoms with E-state index in [1.165, 1.54) is 5.69 Å². The molecule has 0 bridgehead atoms. The Morgan fingerprint density at radius 3 is 2.88 bits per heavy atom. The maximum Gasteiger partial charge on any atom is 0.195 e. The third-order valence-electron chi connectivity index (χ3n) is 2.70. The van der Waals surface area contributed by atoms with Crippen LogP contribution < -0.4 is 4.90 Å². The smallest absolute Gasteiger partial charge is 0.195 e. The van der Waals surface area contributed by atoms with Crippen molar-refractivity contribution in [1.29, 1.82) is 0 Å². The van der Waals surface area contributed by atoms with Crippen molar-refractivity contribution in [3.63, 3.8) is 0 Å². The van der Waals surface area contributed by atoms with Gasteiger partial charge < -0.3 is 4.90 Å². The van der Waals surface area contributed by atoms with Crippen LogP contribution in [0.5, 0.6) is 0 Å². The van der Waals surface area contributed by atoms with Gasteiger partial charge in [-0.05, 0) is 20.8 Å². The molecular weight excluding hydrogens is 286 g/mol. The number of hydrogen-bond donors (Lipinski definition) is 0. The van der Waals surface area contributed by atoms with Crippen molar-refractivity contribution in [1.82, 2.24) is 9.38 Å². The largest absolute Gasteiger partial charge is 0.353 e. The molecule has 5 heteroatoms. The van der Waals surface area contributed by atoms with Crippen molar-refractivity contribution < 1.29 is 0 Å². The molecule has 0 atom stereocenters. The van der Waals surface area contributed by atoms with Gasteiger partial charge in [-0.25, -0.2) is 4.98 Å².